The second-order valence-corrected chi connectivity index (χ2v) is 18.1. The number of amides is 5. The number of hydrogen-bond acceptors (Lipinski definition) is 9. The molecule has 5 amide bonds. The van der Waals surface area contributed by atoms with Crippen LogP contribution in [0.4, 0.5) is 9.59 Å². The first-order chi connectivity index (χ1) is 24.5. The lowest BCUT2D eigenvalue weighted by atomic mass is 10.0. The van der Waals surface area contributed by atoms with E-state index in [1.54, 1.807) is 32.9 Å². The smallest absolute Gasteiger partial charge is 0.410 e. The molecular weight excluding hydrogens is 737 g/mol. The fourth-order valence-corrected chi connectivity index (χ4v) is 8.90. The van der Waals surface area contributed by atoms with Crippen molar-refractivity contribution in [2.75, 3.05) is 6.54 Å². The van der Waals surface area contributed by atoms with Crippen molar-refractivity contribution in [1.29, 1.82) is 0 Å². The fraction of sp³-hybridized carbons (Fsp3) is 0.629. The van der Waals surface area contributed by atoms with E-state index in [1.807, 2.05) is 12.2 Å². The Balaban J connectivity index is 1.25. The van der Waals surface area contributed by atoms with Crippen LogP contribution in [-0.4, -0.2) is 89.2 Å². The molecule has 1 aromatic rings. The van der Waals surface area contributed by atoms with Crippen LogP contribution in [0, 0.1) is 5.92 Å². The van der Waals surface area contributed by atoms with Gasteiger partial charge in [0.25, 0.3) is 5.91 Å². The van der Waals surface area contributed by atoms with Crippen molar-refractivity contribution in [2.24, 2.45) is 5.92 Å². The molecule has 0 radical (unpaired) electrons. The molecule has 3 fully saturated rings. The topological polar surface area (TPSA) is 181 Å². The van der Waals surface area contributed by atoms with Crippen LogP contribution in [0.1, 0.15) is 89.7 Å². The number of alkyl carbamates (subject to hydrolysis) is 1. The second-order valence-electron chi connectivity index (χ2n) is 15.3. The Morgan fingerprint density at radius 1 is 1.00 bits per heavy atom. The monoisotopic (exact) mass is 781 g/mol. The van der Waals surface area contributed by atoms with E-state index in [2.05, 4.69) is 15.4 Å². The van der Waals surface area contributed by atoms with Crippen molar-refractivity contribution >= 4 is 63.1 Å². The lowest BCUT2D eigenvalue weighted by Crippen LogP contribution is -2.58. The summed E-state index contributed by atoms with van der Waals surface area (Å²) >= 11 is 12.7. The third kappa shape index (κ3) is 8.46. The van der Waals surface area contributed by atoms with Crippen LogP contribution in [0.25, 0.3) is 0 Å². The molecule has 52 heavy (non-hydrogen) atoms. The Kier molecular flexibility index (Phi) is 10.8. The number of benzene rings is 1. The van der Waals surface area contributed by atoms with E-state index in [1.165, 1.54) is 9.80 Å². The summed E-state index contributed by atoms with van der Waals surface area (Å²) in [4.78, 5) is 71.2. The van der Waals surface area contributed by atoms with Gasteiger partial charge in [-0.3, -0.25) is 24.0 Å². The van der Waals surface area contributed by atoms with Gasteiger partial charge in [0.15, 0.2) is 0 Å². The average Bonchev–Trinajstić information content (AvgIpc) is 3.94. The summed E-state index contributed by atoms with van der Waals surface area (Å²) in [6, 6.07) is 1.03. The molecule has 17 heteroatoms. The number of rotatable bonds is 5. The number of carbonyl (C=O) groups excluding carboxylic acids is 5. The largest absolute Gasteiger partial charge is 0.444 e. The van der Waals surface area contributed by atoms with Crippen molar-refractivity contribution in [3.63, 3.8) is 0 Å². The molecule has 2 aliphatic carbocycles. The molecule has 1 aromatic carbocycles. The predicted octanol–water partition coefficient (Wildman–Crippen LogP) is 4.31. The Labute approximate surface area is 313 Å². The lowest BCUT2D eigenvalue weighted by Gasteiger charge is -2.30. The van der Waals surface area contributed by atoms with Crippen LogP contribution >= 0.6 is 23.2 Å². The predicted molar refractivity (Wildman–Crippen MR) is 191 cm³/mol. The first-order valence-corrected chi connectivity index (χ1v) is 20.0. The number of nitrogens with zero attached hydrogens (tertiary/aromatic N) is 2. The molecule has 3 heterocycles. The van der Waals surface area contributed by atoms with Crippen LogP contribution < -0.4 is 15.4 Å². The first-order valence-electron chi connectivity index (χ1n) is 17.7. The number of ether oxygens (including phenoxy) is 2. The van der Waals surface area contributed by atoms with Crippen LogP contribution in [-0.2, 0) is 47.0 Å². The van der Waals surface area contributed by atoms with Crippen LogP contribution in [0.5, 0.6) is 0 Å². The van der Waals surface area contributed by atoms with Gasteiger partial charge in [-0.05, 0) is 82.6 Å². The van der Waals surface area contributed by atoms with Crippen LogP contribution in [0.3, 0.4) is 0 Å². The average molecular weight is 783 g/mol. The number of carbonyl (C=O) groups is 5. The summed E-state index contributed by atoms with van der Waals surface area (Å²) in [6.45, 7) is 5.25. The maximum Gasteiger partial charge on any atom is 0.410 e. The minimum atomic E-state index is -3.91. The van der Waals surface area contributed by atoms with Gasteiger partial charge < -0.3 is 25.0 Å². The molecule has 2 saturated carbocycles. The van der Waals surface area contributed by atoms with Gasteiger partial charge in [0.05, 0.1) is 24.9 Å². The Morgan fingerprint density at radius 2 is 1.67 bits per heavy atom. The highest BCUT2D eigenvalue weighted by molar-refractivity contribution is 7.91. The summed E-state index contributed by atoms with van der Waals surface area (Å²) < 4.78 is 39.0. The zero-order valence-electron chi connectivity index (χ0n) is 29.4. The molecule has 0 spiro atoms. The highest BCUT2D eigenvalue weighted by Gasteiger charge is 2.62. The summed E-state index contributed by atoms with van der Waals surface area (Å²) in [7, 11) is -3.91. The molecule has 0 unspecified atom stereocenters. The Hall–Kier alpha value is -3.56. The number of nitrogens with one attached hydrogen (secondary N) is 3. The molecule has 0 aromatic heterocycles. The maximum absolute atomic E-state index is 14.3. The number of halogens is 2. The second kappa shape index (κ2) is 14.7. The van der Waals surface area contributed by atoms with E-state index in [0.29, 0.717) is 46.9 Å². The molecule has 14 nitrogen and oxygen atoms in total. The van der Waals surface area contributed by atoms with Crippen molar-refractivity contribution in [2.45, 2.75) is 126 Å². The van der Waals surface area contributed by atoms with Crippen molar-refractivity contribution in [3.05, 3.63) is 45.5 Å². The SMILES string of the molecule is CC(C)(C)OC(=O)N[C@H]1CCCCC/C=C\[C@@H]2C[C@@]2(C(=O)NS(=O)(=O)C2CC2)NC(=O)[C@@H]2C[C@@H](OC(=O)N3Cc4c(Cl)ccc(Cl)c4C3)CN2C1=O. The van der Waals surface area contributed by atoms with Gasteiger partial charge in [0.1, 0.15) is 29.3 Å². The number of fused-ring (bicyclic) bond motifs is 3. The van der Waals surface area contributed by atoms with E-state index in [-0.39, 0.29) is 38.9 Å². The highest BCUT2D eigenvalue weighted by Crippen LogP contribution is 2.46. The van der Waals surface area contributed by atoms with Crippen molar-refractivity contribution < 1.29 is 41.9 Å². The third-order valence-electron chi connectivity index (χ3n) is 10.1. The van der Waals surface area contributed by atoms with Gasteiger partial charge in [-0.25, -0.2) is 18.0 Å². The van der Waals surface area contributed by atoms with Gasteiger partial charge >= 0.3 is 12.2 Å². The molecule has 5 aliphatic rings. The van der Waals surface area contributed by atoms with E-state index in [9.17, 15) is 32.4 Å². The number of sulfonamides is 1. The molecule has 284 valence electrons. The van der Waals surface area contributed by atoms with Crippen LogP contribution in [0.15, 0.2) is 24.3 Å². The van der Waals surface area contributed by atoms with Crippen LogP contribution in [0.2, 0.25) is 10.0 Å². The summed E-state index contributed by atoms with van der Waals surface area (Å²) in [5.41, 5.74) is -0.971. The maximum atomic E-state index is 14.3. The van der Waals surface area contributed by atoms with E-state index < -0.39 is 80.4 Å². The van der Waals surface area contributed by atoms with Gasteiger partial charge in [0, 0.05) is 22.4 Å². The molecule has 1 saturated heterocycles. The van der Waals surface area contributed by atoms with E-state index in [4.69, 9.17) is 32.7 Å². The molecule has 5 atom stereocenters. The highest BCUT2D eigenvalue weighted by atomic mass is 35.5. The van der Waals surface area contributed by atoms with E-state index >= 15 is 0 Å². The minimum Gasteiger partial charge on any atom is -0.444 e. The summed E-state index contributed by atoms with van der Waals surface area (Å²) in [6.07, 6.45) is 5.29. The first kappa shape index (κ1) is 38.2. The molecule has 3 N–H and O–H groups in total. The molecule has 6 rings (SSSR count). The normalized spacial score (nSPS) is 28.6. The fourth-order valence-electron chi connectivity index (χ4n) is 7.06. The zero-order valence-corrected chi connectivity index (χ0v) is 31.7. The van der Waals surface area contributed by atoms with Gasteiger partial charge in [0.2, 0.25) is 21.8 Å². The summed E-state index contributed by atoms with van der Waals surface area (Å²) in [5.74, 6) is -2.58. The van der Waals surface area contributed by atoms with Crippen molar-refractivity contribution in [1.82, 2.24) is 25.2 Å². The Morgan fingerprint density at radius 3 is 2.31 bits per heavy atom. The Bertz CT molecular complexity index is 1750. The van der Waals surface area contributed by atoms with Gasteiger partial charge in [-0.15, -0.1) is 0 Å². The molecule has 0 bridgehead atoms. The lowest BCUT2D eigenvalue weighted by molar-refractivity contribution is -0.141. The quantitative estimate of drug-likeness (QED) is 0.367. The third-order valence-corrected chi connectivity index (χ3v) is 12.6. The van der Waals surface area contributed by atoms with E-state index in [0.717, 1.165) is 12.8 Å². The van der Waals surface area contributed by atoms with Gasteiger partial charge in [-0.2, -0.15) is 0 Å². The minimum absolute atomic E-state index is 0.108. The zero-order chi connectivity index (χ0) is 37.6. The summed E-state index contributed by atoms with van der Waals surface area (Å²) in [5, 5.41) is 5.75. The van der Waals surface area contributed by atoms with Crippen molar-refractivity contribution in [3.8, 4) is 0 Å². The molecule has 3 aliphatic heterocycles. The number of allylic oxidation sites excluding steroid dienone is 1. The standard InChI is InChI=1S/C35H45Cl2N5O9S/c1-34(2,3)51-32(46)38-27-10-8-6-4-5-7-9-20-16-35(20,31(45)40-52(48,49)22-11-12-22)39-29(43)28-15-21(17-42(28)30(27)44)50-33(47)41-18-23-24(19-41)26(37)14-13-25(23)36/h7,9,13-14,20-22,27-28H,4-6,8,10-12,15-19H2,1-3H3,(H,38,46)(H,39,43)(H,40,45)/b9-7-/t20-,21-,27+,28+,35-/m1/s1. The number of hydrogen-bond donors (Lipinski definition) is 3. The van der Waals surface area contributed by atoms with Gasteiger partial charge in [-0.1, -0.05) is 48.2 Å². The molecular formula is C35H45Cl2N5O9S.